The van der Waals surface area contributed by atoms with Crippen LogP contribution in [-0.4, -0.2) is 36.9 Å². The Labute approximate surface area is 156 Å². The minimum atomic E-state index is -0.264. The van der Waals surface area contributed by atoms with Crippen LogP contribution < -0.4 is 10.1 Å². The lowest BCUT2D eigenvalue weighted by Gasteiger charge is -2.18. The van der Waals surface area contributed by atoms with Crippen molar-refractivity contribution in [1.82, 2.24) is 4.90 Å². The van der Waals surface area contributed by atoms with Crippen molar-refractivity contribution in [3.8, 4) is 5.75 Å². The highest BCUT2D eigenvalue weighted by molar-refractivity contribution is 9.10. The molecule has 0 aliphatic heterocycles. The number of hydrogen-bond donors (Lipinski definition) is 1. The van der Waals surface area contributed by atoms with Crippen molar-refractivity contribution in [2.45, 2.75) is 13.8 Å². The topological polar surface area (TPSA) is 58.6 Å². The summed E-state index contributed by atoms with van der Waals surface area (Å²) >= 11 is 3.34. The average molecular weight is 405 g/mol. The number of amides is 2. The summed E-state index contributed by atoms with van der Waals surface area (Å²) in [6, 6.07) is 13.0. The van der Waals surface area contributed by atoms with Crippen molar-refractivity contribution < 1.29 is 14.3 Å². The van der Waals surface area contributed by atoms with Gasteiger partial charge in [0.2, 0.25) is 5.91 Å². The van der Waals surface area contributed by atoms with Gasteiger partial charge in [0.25, 0.3) is 5.91 Å². The Morgan fingerprint density at radius 1 is 1.08 bits per heavy atom. The number of carbonyl (C=O) groups is 2. The molecule has 132 valence electrons. The Balaban J connectivity index is 1.85. The molecule has 0 bridgehead atoms. The van der Waals surface area contributed by atoms with Gasteiger partial charge in [-0.25, -0.2) is 0 Å². The molecule has 0 saturated carbocycles. The molecule has 0 radical (unpaired) electrons. The van der Waals surface area contributed by atoms with E-state index in [4.69, 9.17) is 4.74 Å². The van der Waals surface area contributed by atoms with Gasteiger partial charge in [-0.2, -0.15) is 0 Å². The minimum absolute atomic E-state index is 0.0314. The summed E-state index contributed by atoms with van der Waals surface area (Å²) in [5.41, 5.74) is 2.77. The van der Waals surface area contributed by atoms with E-state index < -0.39 is 0 Å². The molecule has 0 unspecified atom stereocenters. The number of hydrogen-bond acceptors (Lipinski definition) is 3. The van der Waals surface area contributed by atoms with E-state index in [0.717, 1.165) is 21.3 Å². The van der Waals surface area contributed by atoms with Crippen LogP contribution in [0.4, 0.5) is 5.69 Å². The number of rotatable bonds is 6. The number of benzene rings is 2. The lowest BCUT2D eigenvalue weighted by molar-refractivity contribution is -0.135. The summed E-state index contributed by atoms with van der Waals surface area (Å²) in [5, 5.41) is 2.87. The van der Waals surface area contributed by atoms with E-state index in [1.165, 1.54) is 4.90 Å². The SMILES string of the molecule is Cc1cccc(C)c1NC(=O)CN(C)C(=O)COc1ccc(Br)cc1. The second kappa shape index (κ2) is 8.67. The van der Waals surface area contributed by atoms with Crippen molar-refractivity contribution >= 4 is 33.4 Å². The maximum absolute atomic E-state index is 12.2. The van der Waals surface area contributed by atoms with Crippen LogP contribution in [0.3, 0.4) is 0 Å². The number of nitrogens with zero attached hydrogens (tertiary/aromatic N) is 1. The van der Waals surface area contributed by atoms with Gasteiger partial charge >= 0.3 is 0 Å². The van der Waals surface area contributed by atoms with Crippen LogP contribution in [0.25, 0.3) is 0 Å². The fourth-order valence-electron chi connectivity index (χ4n) is 2.28. The highest BCUT2D eigenvalue weighted by Gasteiger charge is 2.15. The third-order valence-electron chi connectivity index (χ3n) is 3.73. The summed E-state index contributed by atoms with van der Waals surface area (Å²) in [6.45, 7) is 3.72. The largest absolute Gasteiger partial charge is 0.484 e. The van der Waals surface area contributed by atoms with Crippen molar-refractivity contribution in [1.29, 1.82) is 0 Å². The number of anilines is 1. The minimum Gasteiger partial charge on any atom is -0.484 e. The van der Waals surface area contributed by atoms with E-state index >= 15 is 0 Å². The smallest absolute Gasteiger partial charge is 0.260 e. The maximum Gasteiger partial charge on any atom is 0.260 e. The van der Waals surface area contributed by atoms with E-state index in [1.807, 2.05) is 44.2 Å². The number of carbonyl (C=O) groups excluding carboxylic acids is 2. The van der Waals surface area contributed by atoms with Gasteiger partial charge in [-0.3, -0.25) is 9.59 Å². The molecule has 1 N–H and O–H groups in total. The van der Waals surface area contributed by atoms with E-state index in [9.17, 15) is 9.59 Å². The zero-order chi connectivity index (χ0) is 18.4. The Bertz CT molecular complexity index is 740. The molecule has 25 heavy (non-hydrogen) atoms. The van der Waals surface area contributed by atoms with Gasteiger partial charge in [-0.15, -0.1) is 0 Å². The number of para-hydroxylation sites is 1. The van der Waals surface area contributed by atoms with E-state index in [2.05, 4.69) is 21.2 Å². The molecule has 0 atom stereocenters. The third kappa shape index (κ3) is 5.60. The molecule has 0 aromatic heterocycles. The van der Waals surface area contributed by atoms with Crippen molar-refractivity contribution in [2.75, 3.05) is 25.5 Å². The van der Waals surface area contributed by atoms with Gasteiger partial charge < -0.3 is 15.0 Å². The molecule has 0 fully saturated rings. The van der Waals surface area contributed by atoms with Crippen LogP contribution in [0, 0.1) is 13.8 Å². The fourth-order valence-corrected chi connectivity index (χ4v) is 2.54. The number of likely N-dealkylation sites (N-methyl/N-ethyl adjacent to an activating group) is 1. The molecule has 2 amide bonds. The monoisotopic (exact) mass is 404 g/mol. The van der Waals surface area contributed by atoms with E-state index in [1.54, 1.807) is 19.2 Å². The summed E-state index contributed by atoms with van der Waals surface area (Å²) in [7, 11) is 1.58. The Kier molecular flexibility index (Phi) is 6.58. The predicted octanol–water partition coefficient (Wildman–Crippen LogP) is 3.54. The first kappa shape index (κ1) is 19.0. The van der Waals surface area contributed by atoms with Gasteiger partial charge in [-0.1, -0.05) is 34.1 Å². The second-order valence-electron chi connectivity index (χ2n) is 5.81. The summed E-state index contributed by atoms with van der Waals surface area (Å²) in [5.74, 6) is 0.0985. The third-order valence-corrected chi connectivity index (χ3v) is 4.26. The van der Waals surface area contributed by atoms with Crippen LogP contribution in [0.15, 0.2) is 46.9 Å². The highest BCUT2D eigenvalue weighted by atomic mass is 79.9. The van der Waals surface area contributed by atoms with Crippen LogP contribution in [0.5, 0.6) is 5.75 Å². The quantitative estimate of drug-likeness (QED) is 0.800. The lowest BCUT2D eigenvalue weighted by atomic mass is 10.1. The second-order valence-corrected chi connectivity index (χ2v) is 6.72. The summed E-state index contributed by atoms with van der Waals surface area (Å²) in [4.78, 5) is 25.7. The molecule has 2 aromatic carbocycles. The molecule has 0 saturated heterocycles. The van der Waals surface area contributed by atoms with Gasteiger partial charge in [0.15, 0.2) is 6.61 Å². The maximum atomic E-state index is 12.2. The molecule has 6 heteroatoms. The van der Waals surface area contributed by atoms with Gasteiger partial charge in [0.05, 0.1) is 6.54 Å². The number of ether oxygens (including phenoxy) is 1. The lowest BCUT2D eigenvalue weighted by Crippen LogP contribution is -2.37. The Morgan fingerprint density at radius 3 is 2.28 bits per heavy atom. The van der Waals surface area contributed by atoms with Crippen molar-refractivity contribution in [3.05, 3.63) is 58.1 Å². The predicted molar refractivity (Wildman–Crippen MR) is 102 cm³/mol. The van der Waals surface area contributed by atoms with Gasteiger partial charge in [0.1, 0.15) is 5.75 Å². The first-order chi connectivity index (χ1) is 11.9. The molecule has 5 nitrogen and oxygen atoms in total. The van der Waals surface area contributed by atoms with Crippen molar-refractivity contribution in [3.63, 3.8) is 0 Å². The normalized spacial score (nSPS) is 10.2. The first-order valence-electron chi connectivity index (χ1n) is 7.85. The molecular formula is C19H21BrN2O3. The Morgan fingerprint density at radius 2 is 1.68 bits per heavy atom. The molecule has 0 spiro atoms. The number of halogens is 1. The zero-order valence-corrected chi connectivity index (χ0v) is 16.1. The van der Waals surface area contributed by atoms with Crippen molar-refractivity contribution in [2.24, 2.45) is 0 Å². The Hall–Kier alpha value is -2.34. The molecule has 2 aromatic rings. The fraction of sp³-hybridized carbons (Fsp3) is 0.263. The van der Waals surface area contributed by atoms with Crippen LogP contribution in [-0.2, 0) is 9.59 Å². The summed E-state index contributed by atoms with van der Waals surface area (Å²) in [6.07, 6.45) is 0. The average Bonchev–Trinajstić information content (AvgIpc) is 2.57. The molecule has 0 aliphatic rings. The standard InChI is InChI=1S/C19H21BrN2O3/c1-13-5-4-6-14(2)19(13)21-17(23)11-22(3)18(24)12-25-16-9-7-15(20)8-10-16/h4-10H,11-12H2,1-3H3,(H,21,23). The number of aryl methyl sites for hydroxylation is 2. The van der Waals surface area contributed by atoms with Crippen LogP contribution in [0.2, 0.25) is 0 Å². The number of nitrogens with one attached hydrogen (secondary N) is 1. The zero-order valence-electron chi connectivity index (χ0n) is 14.5. The van der Waals surface area contributed by atoms with Gasteiger partial charge in [0, 0.05) is 17.2 Å². The molecule has 2 rings (SSSR count). The van der Waals surface area contributed by atoms with Crippen LogP contribution in [0.1, 0.15) is 11.1 Å². The highest BCUT2D eigenvalue weighted by Crippen LogP contribution is 2.19. The van der Waals surface area contributed by atoms with E-state index in [-0.39, 0.29) is 25.0 Å². The van der Waals surface area contributed by atoms with E-state index in [0.29, 0.717) is 5.75 Å². The van der Waals surface area contributed by atoms with Crippen LogP contribution >= 0.6 is 15.9 Å². The van der Waals surface area contributed by atoms with Gasteiger partial charge in [-0.05, 0) is 49.2 Å². The summed E-state index contributed by atoms with van der Waals surface area (Å²) < 4.78 is 6.37. The molecular weight excluding hydrogens is 384 g/mol. The molecule has 0 aliphatic carbocycles. The first-order valence-corrected chi connectivity index (χ1v) is 8.64. The molecule has 0 heterocycles.